The van der Waals surface area contributed by atoms with Crippen LogP contribution in [0.2, 0.25) is 5.02 Å². The zero-order valence-electron chi connectivity index (χ0n) is 14.8. The number of aryl methyl sites for hydroxylation is 1. The highest BCUT2D eigenvalue weighted by molar-refractivity contribution is 6.30. The van der Waals surface area contributed by atoms with E-state index >= 15 is 0 Å². The normalized spacial score (nSPS) is 11.9. The first-order chi connectivity index (χ1) is 12.8. The Hall–Kier alpha value is -2.94. The first-order valence-corrected chi connectivity index (χ1v) is 8.52. The number of aromatic nitrogens is 2. The average Bonchev–Trinajstić information content (AvgIpc) is 3.06. The van der Waals surface area contributed by atoms with E-state index in [0.29, 0.717) is 10.8 Å². The molecule has 0 saturated heterocycles. The number of rotatable bonds is 7. The zero-order chi connectivity index (χ0) is 20.0. The Bertz CT molecular complexity index is 819. The standard InChI is InChI=1S/C17H19ClN4O5/c1-9(2)14(16(24)21-17(19)25)26-13(23)8-7-12-20-15(22-27-12)10-3-5-11(18)6-4-10/h3-6,9,14H,7-8H2,1-2H3,(H3,19,21,24,25). The molecule has 1 heterocycles. The second-order valence-electron chi connectivity index (χ2n) is 6.03. The van der Waals surface area contributed by atoms with Crippen LogP contribution in [0.25, 0.3) is 11.4 Å². The van der Waals surface area contributed by atoms with E-state index in [4.69, 9.17) is 26.6 Å². The van der Waals surface area contributed by atoms with Gasteiger partial charge in [0.05, 0.1) is 6.42 Å². The van der Waals surface area contributed by atoms with Crippen molar-refractivity contribution < 1.29 is 23.6 Å². The fourth-order valence-corrected chi connectivity index (χ4v) is 2.29. The largest absolute Gasteiger partial charge is 0.452 e. The highest BCUT2D eigenvalue weighted by Crippen LogP contribution is 2.19. The number of imide groups is 1. The van der Waals surface area contributed by atoms with E-state index in [1.807, 2.05) is 5.32 Å². The second kappa shape index (κ2) is 9.13. The molecule has 10 heteroatoms. The molecular weight excluding hydrogens is 376 g/mol. The Kier molecular flexibility index (Phi) is 6.89. The number of primary amides is 1. The summed E-state index contributed by atoms with van der Waals surface area (Å²) >= 11 is 5.83. The first-order valence-electron chi connectivity index (χ1n) is 8.14. The third-order valence-corrected chi connectivity index (χ3v) is 3.73. The van der Waals surface area contributed by atoms with Crippen LogP contribution in [-0.2, 0) is 20.7 Å². The number of urea groups is 1. The molecule has 144 valence electrons. The Morgan fingerprint density at radius 2 is 1.93 bits per heavy atom. The average molecular weight is 395 g/mol. The van der Waals surface area contributed by atoms with Gasteiger partial charge < -0.3 is 15.0 Å². The number of carbonyl (C=O) groups excluding carboxylic acids is 3. The number of ether oxygens (including phenoxy) is 1. The second-order valence-corrected chi connectivity index (χ2v) is 6.46. The highest BCUT2D eigenvalue weighted by Gasteiger charge is 2.27. The summed E-state index contributed by atoms with van der Waals surface area (Å²) in [6.45, 7) is 3.35. The lowest BCUT2D eigenvalue weighted by molar-refractivity contribution is -0.158. The van der Waals surface area contributed by atoms with Gasteiger partial charge in [0.25, 0.3) is 5.91 Å². The lowest BCUT2D eigenvalue weighted by atomic mass is 10.1. The smallest absolute Gasteiger partial charge is 0.318 e. The lowest BCUT2D eigenvalue weighted by Crippen LogP contribution is -2.45. The third kappa shape index (κ3) is 6.07. The topological polar surface area (TPSA) is 137 Å². The third-order valence-electron chi connectivity index (χ3n) is 3.48. The van der Waals surface area contributed by atoms with Gasteiger partial charge in [-0.05, 0) is 30.2 Å². The molecule has 3 N–H and O–H groups in total. The van der Waals surface area contributed by atoms with Crippen LogP contribution in [-0.4, -0.2) is 34.2 Å². The fourth-order valence-electron chi connectivity index (χ4n) is 2.17. The number of benzene rings is 1. The molecule has 0 radical (unpaired) electrons. The Morgan fingerprint density at radius 1 is 1.26 bits per heavy atom. The molecule has 3 amide bonds. The first kappa shape index (κ1) is 20.4. The van der Waals surface area contributed by atoms with E-state index in [1.165, 1.54) is 0 Å². The predicted octanol–water partition coefficient (Wildman–Crippen LogP) is 2.09. The SMILES string of the molecule is CC(C)C(OC(=O)CCc1nc(-c2ccc(Cl)cc2)no1)C(=O)NC(N)=O. The summed E-state index contributed by atoms with van der Waals surface area (Å²) in [5.41, 5.74) is 5.63. The highest BCUT2D eigenvalue weighted by atomic mass is 35.5. The Morgan fingerprint density at radius 3 is 2.52 bits per heavy atom. The number of nitrogens with two attached hydrogens (primary N) is 1. The quantitative estimate of drug-likeness (QED) is 0.685. The van der Waals surface area contributed by atoms with Crippen molar-refractivity contribution in [1.82, 2.24) is 15.5 Å². The maximum atomic E-state index is 12.0. The van der Waals surface area contributed by atoms with Gasteiger partial charge >= 0.3 is 12.0 Å². The molecule has 1 atom stereocenters. The number of nitrogens with zero attached hydrogens (tertiary/aromatic N) is 2. The number of amides is 3. The maximum Gasteiger partial charge on any atom is 0.318 e. The number of carbonyl (C=O) groups is 3. The van der Waals surface area contributed by atoms with Crippen LogP contribution in [0.3, 0.4) is 0 Å². The van der Waals surface area contributed by atoms with E-state index in [2.05, 4.69) is 10.1 Å². The molecule has 2 rings (SSSR count). The maximum absolute atomic E-state index is 12.0. The zero-order valence-corrected chi connectivity index (χ0v) is 15.5. The molecule has 1 aromatic carbocycles. The molecule has 0 aliphatic rings. The lowest BCUT2D eigenvalue weighted by Gasteiger charge is -2.19. The van der Waals surface area contributed by atoms with Crippen molar-refractivity contribution in [3.63, 3.8) is 0 Å². The van der Waals surface area contributed by atoms with Crippen LogP contribution in [0.4, 0.5) is 4.79 Å². The Labute approximate surface area is 160 Å². The van der Waals surface area contributed by atoms with Crippen molar-refractivity contribution in [2.24, 2.45) is 11.7 Å². The van der Waals surface area contributed by atoms with E-state index in [-0.39, 0.29) is 24.7 Å². The number of hydrogen-bond acceptors (Lipinski definition) is 7. The molecule has 27 heavy (non-hydrogen) atoms. The van der Waals surface area contributed by atoms with E-state index in [1.54, 1.807) is 38.1 Å². The minimum atomic E-state index is -1.13. The van der Waals surface area contributed by atoms with Crippen molar-refractivity contribution in [3.05, 3.63) is 35.2 Å². The minimum absolute atomic E-state index is 0.0741. The van der Waals surface area contributed by atoms with Gasteiger partial charge in [-0.25, -0.2) is 4.79 Å². The molecule has 2 aromatic rings. The predicted molar refractivity (Wildman–Crippen MR) is 95.5 cm³/mol. The number of hydrogen-bond donors (Lipinski definition) is 2. The number of nitrogens with one attached hydrogen (secondary N) is 1. The number of esters is 1. The molecule has 0 bridgehead atoms. The van der Waals surface area contributed by atoms with E-state index < -0.39 is 24.0 Å². The van der Waals surface area contributed by atoms with Gasteiger partial charge in [0.15, 0.2) is 6.10 Å². The van der Waals surface area contributed by atoms with Crippen molar-refractivity contribution in [2.75, 3.05) is 0 Å². The van der Waals surface area contributed by atoms with Gasteiger partial charge in [0.2, 0.25) is 11.7 Å². The molecular formula is C17H19ClN4O5. The van der Waals surface area contributed by atoms with Crippen molar-refractivity contribution in [2.45, 2.75) is 32.8 Å². The number of halogens is 1. The van der Waals surface area contributed by atoms with Crippen molar-refractivity contribution in [3.8, 4) is 11.4 Å². The summed E-state index contributed by atoms with van der Waals surface area (Å²) in [7, 11) is 0. The van der Waals surface area contributed by atoms with Gasteiger partial charge in [-0.1, -0.05) is 30.6 Å². The van der Waals surface area contributed by atoms with Crippen molar-refractivity contribution >= 4 is 29.5 Å². The van der Waals surface area contributed by atoms with Gasteiger partial charge in [-0.2, -0.15) is 4.98 Å². The molecule has 0 aliphatic carbocycles. The van der Waals surface area contributed by atoms with Crippen LogP contribution >= 0.6 is 11.6 Å². The van der Waals surface area contributed by atoms with Crippen LogP contribution in [0.15, 0.2) is 28.8 Å². The Balaban J connectivity index is 1.92. The van der Waals surface area contributed by atoms with Crippen molar-refractivity contribution in [1.29, 1.82) is 0 Å². The fraction of sp³-hybridized carbons (Fsp3) is 0.353. The van der Waals surface area contributed by atoms with Crippen LogP contribution in [0, 0.1) is 5.92 Å². The van der Waals surface area contributed by atoms with Crippen LogP contribution in [0.5, 0.6) is 0 Å². The van der Waals surface area contributed by atoms with Gasteiger partial charge in [-0.3, -0.25) is 14.9 Å². The summed E-state index contributed by atoms with van der Waals surface area (Å²) < 4.78 is 10.2. The molecule has 9 nitrogen and oxygen atoms in total. The monoisotopic (exact) mass is 394 g/mol. The molecule has 0 aliphatic heterocycles. The van der Waals surface area contributed by atoms with E-state index in [9.17, 15) is 14.4 Å². The summed E-state index contributed by atoms with van der Waals surface area (Å²) in [6, 6.07) is 5.88. The van der Waals surface area contributed by atoms with Gasteiger partial charge in [0.1, 0.15) is 0 Å². The molecule has 0 spiro atoms. The summed E-state index contributed by atoms with van der Waals surface area (Å²) in [6.07, 6.45) is -1.06. The minimum Gasteiger partial charge on any atom is -0.452 e. The summed E-state index contributed by atoms with van der Waals surface area (Å²) in [5, 5.41) is 6.34. The van der Waals surface area contributed by atoms with Gasteiger partial charge in [-0.15, -0.1) is 0 Å². The summed E-state index contributed by atoms with van der Waals surface area (Å²) in [5.74, 6) is -1.13. The summed E-state index contributed by atoms with van der Waals surface area (Å²) in [4.78, 5) is 38.9. The molecule has 0 fully saturated rings. The van der Waals surface area contributed by atoms with Gasteiger partial charge in [0, 0.05) is 17.0 Å². The van der Waals surface area contributed by atoms with Crippen LogP contribution in [0.1, 0.15) is 26.2 Å². The molecule has 1 unspecified atom stereocenters. The molecule has 1 aromatic heterocycles. The molecule has 0 saturated carbocycles. The van der Waals surface area contributed by atoms with E-state index in [0.717, 1.165) is 5.56 Å². The van der Waals surface area contributed by atoms with Crippen LogP contribution < -0.4 is 11.1 Å².